The van der Waals surface area contributed by atoms with Gasteiger partial charge in [-0.1, -0.05) is 13.8 Å². The Bertz CT molecular complexity index is 763. The number of hydrogen-bond acceptors (Lipinski definition) is 4. The molecule has 6 nitrogen and oxygen atoms in total. The van der Waals surface area contributed by atoms with E-state index in [4.69, 9.17) is 0 Å². The monoisotopic (exact) mass is 364 g/mol. The molecule has 0 unspecified atom stereocenters. The number of amides is 1. The lowest BCUT2D eigenvalue weighted by Gasteiger charge is -2.29. The molecule has 3 rings (SSSR count). The van der Waals surface area contributed by atoms with Crippen LogP contribution >= 0.6 is 11.3 Å². The highest BCUT2D eigenvalue weighted by Crippen LogP contribution is 2.45. The third-order valence-corrected chi connectivity index (χ3v) is 6.43. The van der Waals surface area contributed by atoms with Crippen LogP contribution in [0.1, 0.15) is 45.9 Å². The summed E-state index contributed by atoms with van der Waals surface area (Å²) in [4.78, 5) is 26.7. The molecule has 136 valence electrons. The molecule has 1 aromatic rings. The highest BCUT2D eigenvalue weighted by atomic mass is 32.1. The molecule has 3 N–H and O–H groups in total. The van der Waals surface area contributed by atoms with Gasteiger partial charge in [-0.2, -0.15) is 0 Å². The Morgan fingerprint density at radius 2 is 2.00 bits per heavy atom. The van der Waals surface area contributed by atoms with E-state index in [0.29, 0.717) is 18.7 Å². The second-order valence-electron chi connectivity index (χ2n) is 7.61. The second-order valence-corrected chi connectivity index (χ2v) is 8.71. The zero-order valence-corrected chi connectivity index (χ0v) is 15.6. The van der Waals surface area contributed by atoms with E-state index in [1.807, 2.05) is 7.05 Å². The number of thiophene rings is 1. The summed E-state index contributed by atoms with van der Waals surface area (Å²) in [5.41, 5.74) is 3.27. The Morgan fingerprint density at radius 1 is 1.28 bits per heavy atom. The van der Waals surface area contributed by atoms with E-state index in [1.54, 1.807) is 11.3 Å². The first-order chi connectivity index (χ1) is 11.7. The molecule has 1 aromatic heterocycles. The number of likely N-dealkylation sites (N-methyl/N-ethyl adjacent to an activating group) is 1. The summed E-state index contributed by atoms with van der Waals surface area (Å²) in [6.45, 7) is 5.50. The van der Waals surface area contributed by atoms with Crippen molar-refractivity contribution in [3.8, 4) is 0 Å². The molecular weight excluding hydrogens is 340 g/mol. The number of carboxylic acid groups (broad SMARTS) is 2. The zero-order chi connectivity index (χ0) is 18.4. The van der Waals surface area contributed by atoms with Crippen LogP contribution in [-0.2, 0) is 12.8 Å². The third-order valence-electron chi connectivity index (χ3n) is 5.08. The second kappa shape index (κ2) is 6.46. The number of nitrogens with zero attached hydrogens (tertiary/aromatic N) is 1. The Morgan fingerprint density at radius 3 is 2.60 bits per heavy atom. The van der Waals surface area contributed by atoms with Gasteiger partial charge in [0.2, 0.25) is 0 Å². The summed E-state index contributed by atoms with van der Waals surface area (Å²) in [7, 11) is 1.81. The van der Waals surface area contributed by atoms with Crippen molar-refractivity contribution in [1.29, 1.82) is 0 Å². The van der Waals surface area contributed by atoms with Gasteiger partial charge < -0.3 is 15.5 Å². The summed E-state index contributed by atoms with van der Waals surface area (Å²) < 4.78 is 0. The van der Waals surface area contributed by atoms with Crippen molar-refractivity contribution < 1.29 is 19.8 Å². The molecule has 2 heterocycles. The van der Waals surface area contributed by atoms with Crippen molar-refractivity contribution in [2.24, 2.45) is 5.41 Å². The van der Waals surface area contributed by atoms with Crippen LogP contribution in [0.4, 0.5) is 4.79 Å². The van der Waals surface area contributed by atoms with Crippen LogP contribution in [0.15, 0.2) is 5.57 Å². The molecule has 2 aliphatic rings. The van der Waals surface area contributed by atoms with Crippen LogP contribution in [0.25, 0.3) is 5.57 Å². The minimum absolute atomic E-state index is 0.0977. The van der Waals surface area contributed by atoms with Crippen LogP contribution in [-0.4, -0.2) is 53.9 Å². The fraction of sp³-hybridized carbons (Fsp3) is 0.556. The van der Waals surface area contributed by atoms with Crippen molar-refractivity contribution in [1.82, 2.24) is 10.2 Å². The molecule has 7 heteroatoms. The molecule has 0 saturated carbocycles. The molecule has 1 amide bonds. The first kappa shape index (κ1) is 17.9. The number of fused-ring (bicyclic) bond motifs is 1. The maximum atomic E-state index is 12.0. The van der Waals surface area contributed by atoms with Gasteiger partial charge in [-0.05, 0) is 48.4 Å². The smallest absolute Gasteiger partial charge is 0.407 e. The van der Waals surface area contributed by atoms with E-state index < -0.39 is 12.1 Å². The van der Waals surface area contributed by atoms with Gasteiger partial charge in [0.05, 0.1) is 12.1 Å². The van der Waals surface area contributed by atoms with Crippen LogP contribution in [0.2, 0.25) is 0 Å². The lowest BCUT2D eigenvalue weighted by molar-refractivity contribution is 0.0695. The maximum Gasteiger partial charge on any atom is 0.407 e. The number of nitrogens with one attached hydrogen (secondary N) is 1. The van der Waals surface area contributed by atoms with E-state index >= 15 is 0 Å². The van der Waals surface area contributed by atoms with Crippen LogP contribution in [0.3, 0.4) is 0 Å². The van der Waals surface area contributed by atoms with Crippen molar-refractivity contribution in [3.05, 3.63) is 26.5 Å². The number of aromatic carboxylic acids is 1. The Kier molecular flexibility index (Phi) is 4.64. The molecule has 0 saturated heterocycles. The molecule has 0 aromatic carbocycles. The van der Waals surface area contributed by atoms with Gasteiger partial charge in [0, 0.05) is 22.8 Å². The van der Waals surface area contributed by atoms with Crippen LogP contribution in [0, 0.1) is 5.41 Å². The van der Waals surface area contributed by atoms with Gasteiger partial charge in [-0.3, -0.25) is 4.90 Å². The van der Waals surface area contributed by atoms with Gasteiger partial charge in [0.25, 0.3) is 0 Å². The molecule has 1 aliphatic carbocycles. The lowest BCUT2D eigenvalue weighted by atomic mass is 9.76. The average molecular weight is 364 g/mol. The van der Waals surface area contributed by atoms with E-state index in [0.717, 1.165) is 45.7 Å². The highest BCUT2D eigenvalue weighted by molar-refractivity contribution is 7.13. The zero-order valence-electron chi connectivity index (χ0n) is 14.8. The number of rotatable bonds is 4. The van der Waals surface area contributed by atoms with Gasteiger partial charge >= 0.3 is 12.1 Å². The minimum atomic E-state index is -0.970. The van der Waals surface area contributed by atoms with E-state index in [-0.39, 0.29) is 12.0 Å². The van der Waals surface area contributed by atoms with Gasteiger partial charge in [-0.25, -0.2) is 9.59 Å². The predicted molar refractivity (Wildman–Crippen MR) is 97.5 cm³/mol. The third kappa shape index (κ3) is 3.30. The Hall–Kier alpha value is -1.86. The lowest BCUT2D eigenvalue weighted by Crippen LogP contribution is -2.28. The van der Waals surface area contributed by atoms with Gasteiger partial charge in [-0.15, -0.1) is 11.3 Å². The normalized spacial score (nSPS) is 19.2. The summed E-state index contributed by atoms with van der Waals surface area (Å²) in [6.07, 6.45) is 1.73. The predicted octanol–water partition coefficient (Wildman–Crippen LogP) is 2.93. The molecule has 0 fully saturated rings. The molecule has 0 bridgehead atoms. The Balaban J connectivity index is 2.10. The van der Waals surface area contributed by atoms with Crippen molar-refractivity contribution in [2.75, 3.05) is 26.7 Å². The standard InChI is InChI=1S/C18H24N2O4S/c1-18(2)5-4-13-11(6-18)14(16(21)22)15(25-13)12-9-20(17(23)24)8-10(12)7-19-3/h19H,4-9H2,1-3H3,(H,21,22)(H,23,24). The minimum Gasteiger partial charge on any atom is -0.478 e. The topological polar surface area (TPSA) is 89.9 Å². The summed E-state index contributed by atoms with van der Waals surface area (Å²) in [6, 6.07) is 0. The summed E-state index contributed by atoms with van der Waals surface area (Å²) >= 11 is 1.55. The van der Waals surface area contributed by atoms with Crippen LogP contribution in [0.5, 0.6) is 0 Å². The molecule has 1 aliphatic heterocycles. The highest BCUT2D eigenvalue weighted by Gasteiger charge is 2.36. The molecular formula is C18H24N2O4S. The summed E-state index contributed by atoms with van der Waals surface area (Å²) in [5.74, 6) is -0.907. The molecule has 0 atom stereocenters. The quantitative estimate of drug-likeness (QED) is 0.764. The largest absolute Gasteiger partial charge is 0.478 e. The SMILES string of the molecule is CNCC1=C(c2sc3c(c2C(=O)O)CC(C)(C)CC3)CN(C(=O)O)C1. The van der Waals surface area contributed by atoms with Crippen LogP contribution < -0.4 is 5.32 Å². The number of aryl methyl sites for hydroxylation is 1. The molecule has 0 spiro atoms. The van der Waals surface area contributed by atoms with E-state index in [1.165, 1.54) is 4.90 Å². The summed E-state index contributed by atoms with van der Waals surface area (Å²) in [5, 5.41) is 22.3. The fourth-order valence-corrected chi connectivity index (χ4v) is 5.18. The average Bonchev–Trinajstić information content (AvgIpc) is 3.07. The van der Waals surface area contributed by atoms with Gasteiger partial charge in [0.15, 0.2) is 0 Å². The van der Waals surface area contributed by atoms with Crippen molar-refractivity contribution in [3.63, 3.8) is 0 Å². The molecule has 0 radical (unpaired) electrons. The first-order valence-electron chi connectivity index (χ1n) is 8.45. The van der Waals surface area contributed by atoms with Crippen molar-refractivity contribution in [2.45, 2.75) is 33.1 Å². The number of carboxylic acids is 1. The van der Waals surface area contributed by atoms with Crippen molar-refractivity contribution >= 4 is 29.0 Å². The Labute approximate surface area is 151 Å². The van der Waals surface area contributed by atoms with E-state index in [9.17, 15) is 19.8 Å². The van der Waals surface area contributed by atoms with Gasteiger partial charge in [0.1, 0.15) is 0 Å². The number of carbonyl (C=O) groups is 2. The first-order valence-corrected chi connectivity index (χ1v) is 9.26. The maximum absolute atomic E-state index is 12.0. The number of hydrogen-bond donors (Lipinski definition) is 3. The van der Waals surface area contributed by atoms with E-state index in [2.05, 4.69) is 19.2 Å². The molecule has 25 heavy (non-hydrogen) atoms. The fourth-order valence-electron chi connectivity index (χ4n) is 3.79.